The molecule has 0 saturated carbocycles. The molecule has 0 saturated heterocycles. The number of furan rings is 2. The molecule has 88 heavy (non-hydrogen) atoms. The van der Waals surface area contributed by atoms with Crippen molar-refractivity contribution in [3.8, 4) is 55.6 Å². The minimum Gasteiger partial charge on any atom is -0.456 e. The van der Waals surface area contributed by atoms with Gasteiger partial charge in [0, 0.05) is 21.5 Å². The number of hydrogen-bond donors (Lipinski definition) is 0. The summed E-state index contributed by atoms with van der Waals surface area (Å²) in [5.41, 5.74) is -9.83. The van der Waals surface area contributed by atoms with E-state index >= 15 is 0 Å². The minimum absolute atomic E-state index is 0.366. The van der Waals surface area contributed by atoms with Crippen molar-refractivity contribution in [2.45, 2.75) is 0 Å². The topological polar surface area (TPSA) is 26.3 Å². The largest absolute Gasteiger partial charge is 0.456 e. The quantitative estimate of drug-likeness (QED) is 0.161. The first-order valence-corrected chi connectivity index (χ1v) is 26.1. The molecule has 19 aromatic rings. The van der Waals surface area contributed by atoms with Gasteiger partial charge in [-0.3, -0.25) is 0 Å². The maximum absolute atomic E-state index is 9.97. The van der Waals surface area contributed by atoms with Gasteiger partial charge in [-0.15, -0.1) is 0 Å². The maximum Gasteiger partial charge on any atom is 0.136 e. The summed E-state index contributed by atoms with van der Waals surface area (Å²) in [6.45, 7) is 0. The fraction of sp³-hybridized carbons (Fsp3) is 0. The van der Waals surface area contributed by atoms with Crippen LogP contribution < -0.4 is 0 Å². The van der Waals surface area contributed by atoms with Crippen molar-refractivity contribution in [1.29, 1.82) is 0 Å². The van der Waals surface area contributed by atoms with E-state index in [1.165, 1.54) is 0 Å². The molecular weight excluding hydrogens is 1060 g/mol. The summed E-state index contributed by atoms with van der Waals surface area (Å²) in [5, 5.41) is -12.0. The highest BCUT2D eigenvalue weighted by Crippen LogP contribution is 2.49. The van der Waals surface area contributed by atoms with Gasteiger partial charge in [0.15, 0.2) is 0 Å². The monoisotopic (exact) mass is 1170 g/mol. The van der Waals surface area contributed by atoms with Gasteiger partial charge in [-0.25, -0.2) is 0 Å². The molecule has 2 nitrogen and oxygen atoms in total. The Hall–Kier alpha value is -11.6. The molecular formula is C86H52O2. The van der Waals surface area contributed by atoms with Crippen LogP contribution in [0.2, 0.25) is 0 Å². The number of hydrogen-bond acceptors (Lipinski definition) is 2. The highest BCUT2D eigenvalue weighted by atomic mass is 16.3. The predicted molar refractivity (Wildman–Crippen MR) is 375 cm³/mol. The van der Waals surface area contributed by atoms with Gasteiger partial charge in [0.05, 0.1) is 71.3 Å². The molecule has 0 bridgehead atoms. The third-order valence-corrected chi connectivity index (χ3v) is 14.6. The fourth-order valence-electron chi connectivity index (χ4n) is 11.0. The smallest absolute Gasteiger partial charge is 0.136 e. The summed E-state index contributed by atoms with van der Waals surface area (Å²) in [7, 11) is 0. The van der Waals surface area contributed by atoms with Gasteiger partial charge in [0.2, 0.25) is 0 Å². The Morgan fingerprint density at radius 1 is 0.182 bits per heavy atom. The standard InChI is InChI=1S/C46H28O.C40H24O/c1-2-12-29(13-3-1)40-28-33(26-31-15-5-6-16-34(31)40)45-38-20-10-8-18-36(38)44(37-19-9-11-21-39(37)45)32-23-24-42-41(27-32)46-35-17-7-4-14-30(35)22-25-43(46)47-42;1-3-13-28-25(10-1)12-9-19-30(28)39-33-17-7-5-15-31(33)38(32-16-6-8-18-34(32)39)27-21-22-36-35(24-27)40-29-14-4-2-11-26(29)20-23-37(40)41-36/h1-28H;1-24H/i1D,2D,3D,4D,5D,6D,7D,8D,9D,10D,11D,12D,13D,14D,15D,16D,17D,18D,19D,20D,21D,22D,23D,24D,25D,26D,27D,28D;1D,2D,3D,4D,5D,6D,7D,8D,9D,10D,11D,12D,13D,14D,15D,16D,17D,18D,19D,20D,21D,22D,23D,24D. The second kappa shape index (κ2) is 20.0. The second-order valence-electron chi connectivity index (χ2n) is 19.3. The average Bonchev–Trinajstić information content (AvgIpc) is 1.42. The summed E-state index contributed by atoms with van der Waals surface area (Å²) in [6, 6.07) is -46.9. The minimum atomic E-state index is -1.08. The fourth-order valence-corrected chi connectivity index (χ4v) is 11.0. The first-order chi connectivity index (χ1) is 65.3. The first kappa shape index (κ1) is 20.6. The molecule has 0 amide bonds. The third kappa shape index (κ3) is 7.83. The molecule has 0 aliphatic rings. The third-order valence-electron chi connectivity index (χ3n) is 14.6. The normalized spacial score (nSPS) is 20.1. The zero-order chi connectivity index (χ0) is 103. The molecule has 19 rings (SSSR count). The van der Waals surface area contributed by atoms with Crippen LogP contribution in [0.1, 0.15) is 71.3 Å². The molecule has 0 aliphatic carbocycles. The molecule has 0 spiro atoms. The Labute approximate surface area is 580 Å². The van der Waals surface area contributed by atoms with Gasteiger partial charge in [-0.2, -0.15) is 0 Å². The van der Waals surface area contributed by atoms with Gasteiger partial charge >= 0.3 is 0 Å². The summed E-state index contributed by atoms with van der Waals surface area (Å²) >= 11 is 0. The van der Waals surface area contributed by atoms with Crippen molar-refractivity contribution in [2.75, 3.05) is 0 Å². The first-order valence-electron chi connectivity index (χ1n) is 52.1. The zero-order valence-electron chi connectivity index (χ0n) is 95.8. The molecule has 0 aliphatic heterocycles. The number of fused-ring (bicyclic) bond motifs is 16. The number of benzene rings is 17. The summed E-state index contributed by atoms with van der Waals surface area (Å²) in [5.74, 6) is 0. The Morgan fingerprint density at radius 2 is 0.523 bits per heavy atom. The molecule has 408 valence electrons. The summed E-state index contributed by atoms with van der Waals surface area (Å²) in [6.07, 6.45) is 0. The maximum atomic E-state index is 9.97. The van der Waals surface area contributed by atoms with Crippen LogP contribution in [0.15, 0.2) is 323 Å². The Balaban J connectivity index is 0.000000187. The van der Waals surface area contributed by atoms with Gasteiger partial charge in [-0.05, 0) is 190 Å². The van der Waals surface area contributed by atoms with Crippen molar-refractivity contribution in [1.82, 2.24) is 0 Å². The molecule has 2 aromatic heterocycles. The van der Waals surface area contributed by atoms with E-state index in [0.717, 1.165) is 0 Å². The van der Waals surface area contributed by atoms with Crippen LogP contribution in [-0.4, -0.2) is 0 Å². The van der Waals surface area contributed by atoms with Crippen LogP contribution in [0.3, 0.4) is 0 Å². The van der Waals surface area contributed by atoms with E-state index in [0.29, 0.717) is 0 Å². The van der Waals surface area contributed by atoms with E-state index in [1.807, 2.05) is 0 Å². The molecule has 0 atom stereocenters. The van der Waals surface area contributed by atoms with Crippen LogP contribution >= 0.6 is 0 Å². The van der Waals surface area contributed by atoms with E-state index in [-0.39, 0.29) is 5.39 Å². The average molecular weight is 1170 g/mol. The summed E-state index contributed by atoms with van der Waals surface area (Å²) in [4.78, 5) is 0. The highest BCUT2D eigenvalue weighted by molar-refractivity contribution is 6.27. The molecule has 0 N–H and O–H groups in total. The SMILES string of the molecule is [2H]c1c(-c2c3c([2H])c([2H])c([2H])c([2H])c3c(-c3c([2H])c([2H])c([2H])c4c([2H])c([2H])c([2H])c([2H])c34)c3c([2H])c([2H])c([2H])c([2H])c23)c([2H])c2c(oc3c([2H])c([2H])c4c([2H])c([2H])c([2H])c([2H])c4c32)c1[2H].[2H]c1c([2H])c([2H])c(-c2c([2H])c(-c3c4c([2H])c([2H])c([2H])c([2H])c4c(-c4c([2H])c([2H])c5oc6c([2H])c([2H])c7c([2H])c([2H])c([2H])c([2H])c7c6c5c4[2H])c4c([2H])c([2H])c([2H])c([2H])c34)c([2H])c3c([2H])c([2H])c([2H])c([2H])c23)c([2H])c1[2H]. The molecule has 2 heterocycles. The highest BCUT2D eigenvalue weighted by Gasteiger charge is 2.22. The molecule has 2 heteroatoms. The molecule has 0 unspecified atom stereocenters. The Bertz CT molecular complexity index is 9120. The van der Waals surface area contributed by atoms with Crippen LogP contribution in [0.25, 0.3) is 186 Å². The van der Waals surface area contributed by atoms with Crippen LogP contribution in [0.5, 0.6) is 0 Å². The van der Waals surface area contributed by atoms with Gasteiger partial charge in [0.1, 0.15) is 22.3 Å². The molecule has 0 radical (unpaired) electrons. The van der Waals surface area contributed by atoms with Crippen LogP contribution in [0.4, 0.5) is 0 Å². The lowest BCUT2D eigenvalue weighted by Crippen LogP contribution is -1.92. The van der Waals surface area contributed by atoms with Crippen molar-refractivity contribution < 1.29 is 80.1 Å². The zero-order valence-corrected chi connectivity index (χ0v) is 43.8. The number of rotatable bonds is 5. The van der Waals surface area contributed by atoms with Crippen LogP contribution in [-0.2, 0) is 0 Å². The van der Waals surface area contributed by atoms with Crippen LogP contribution in [0, 0.1) is 0 Å². The van der Waals surface area contributed by atoms with Crippen molar-refractivity contribution in [2.24, 2.45) is 0 Å². The lowest BCUT2D eigenvalue weighted by molar-refractivity contribution is 0.669. The van der Waals surface area contributed by atoms with Crippen molar-refractivity contribution in [3.63, 3.8) is 0 Å². The lowest BCUT2D eigenvalue weighted by Gasteiger charge is -2.19. The van der Waals surface area contributed by atoms with E-state index in [1.54, 1.807) is 0 Å². The molecule has 0 fully saturated rings. The lowest BCUT2D eigenvalue weighted by atomic mass is 9.84. The van der Waals surface area contributed by atoms with E-state index < -0.39 is 495 Å². The Morgan fingerprint density at radius 3 is 0.989 bits per heavy atom. The predicted octanol–water partition coefficient (Wildman–Crippen LogP) is 24.7. The second-order valence-corrected chi connectivity index (χ2v) is 19.3. The van der Waals surface area contributed by atoms with Gasteiger partial charge in [-0.1, -0.05) is 266 Å². The summed E-state index contributed by atoms with van der Waals surface area (Å²) < 4.78 is 479. The van der Waals surface area contributed by atoms with E-state index in [2.05, 4.69) is 0 Å². The molecule has 17 aromatic carbocycles. The van der Waals surface area contributed by atoms with Crippen molar-refractivity contribution in [3.05, 3.63) is 314 Å². The van der Waals surface area contributed by atoms with E-state index in [4.69, 9.17) is 56.8 Å². The van der Waals surface area contributed by atoms with Gasteiger partial charge < -0.3 is 8.83 Å². The van der Waals surface area contributed by atoms with Gasteiger partial charge in [0.25, 0.3) is 0 Å². The van der Waals surface area contributed by atoms with E-state index in [9.17, 15) is 23.3 Å². The Kier molecular flexibility index (Phi) is 4.68. The van der Waals surface area contributed by atoms with Crippen molar-refractivity contribution >= 4 is 130 Å².